The summed E-state index contributed by atoms with van der Waals surface area (Å²) in [4.78, 5) is 7.11. The highest BCUT2D eigenvalue weighted by Crippen LogP contribution is 2.43. The van der Waals surface area contributed by atoms with Crippen LogP contribution in [0.25, 0.3) is 0 Å². The fraction of sp³-hybridized carbons (Fsp3) is 0.947. The topological polar surface area (TPSA) is 60.1 Å². The van der Waals surface area contributed by atoms with Crippen molar-refractivity contribution in [1.82, 2.24) is 4.90 Å². The largest absolute Gasteiger partial charge is 0.375 e. The van der Waals surface area contributed by atoms with Crippen LogP contribution in [0.15, 0.2) is 4.99 Å². The molecule has 0 aromatic heterocycles. The Morgan fingerprint density at radius 3 is 2.28 bits per heavy atom. The number of thioether (sulfide) groups is 1. The molecule has 0 aromatic rings. The molecule has 6 heteroatoms. The zero-order valence-electron chi connectivity index (χ0n) is 16.6. The monoisotopic (exact) mass is 371 g/mol. The van der Waals surface area contributed by atoms with Gasteiger partial charge < -0.3 is 20.1 Å². The second-order valence-corrected chi connectivity index (χ2v) is 8.80. The molecule has 2 N–H and O–H groups in total. The molecule has 2 aliphatic rings. The van der Waals surface area contributed by atoms with Crippen molar-refractivity contribution in [2.24, 2.45) is 16.6 Å². The number of nitrogens with zero attached hydrogens (tertiary/aromatic N) is 2. The van der Waals surface area contributed by atoms with E-state index >= 15 is 0 Å². The lowest BCUT2D eigenvalue weighted by Crippen LogP contribution is -2.56. The first-order chi connectivity index (χ1) is 12.0. The summed E-state index contributed by atoms with van der Waals surface area (Å²) in [6.45, 7) is 8.06. The van der Waals surface area contributed by atoms with Gasteiger partial charge in [0, 0.05) is 44.5 Å². The molecule has 2 rings (SSSR count). The summed E-state index contributed by atoms with van der Waals surface area (Å²) in [6, 6.07) is 0.287. The van der Waals surface area contributed by atoms with E-state index in [0.717, 1.165) is 50.5 Å². The van der Waals surface area contributed by atoms with E-state index in [9.17, 15) is 0 Å². The molecular weight excluding hydrogens is 334 g/mol. The van der Waals surface area contributed by atoms with E-state index in [1.165, 1.54) is 0 Å². The Hall–Kier alpha value is -0.300. The van der Waals surface area contributed by atoms with Gasteiger partial charge in [-0.1, -0.05) is 38.5 Å². The van der Waals surface area contributed by atoms with E-state index in [0.29, 0.717) is 11.2 Å². The maximum Gasteiger partial charge on any atom is 0.159 e. The number of ether oxygens (including phenoxy) is 2. The highest BCUT2D eigenvalue weighted by Gasteiger charge is 2.50. The predicted molar refractivity (Wildman–Crippen MR) is 107 cm³/mol. The Kier molecular flexibility index (Phi) is 8.52. The number of rotatable bonds is 9. The van der Waals surface area contributed by atoms with E-state index in [-0.39, 0.29) is 24.3 Å². The van der Waals surface area contributed by atoms with Gasteiger partial charge in [0.25, 0.3) is 0 Å². The molecule has 1 aliphatic carbocycles. The van der Waals surface area contributed by atoms with Crippen LogP contribution in [0.3, 0.4) is 0 Å². The molecule has 25 heavy (non-hydrogen) atoms. The molecule has 1 heterocycles. The summed E-state index contributed by atoms with van der Waals surface area (Å²) < 4.78 is 12.7. The molecule has 0 spiro atoms. The third-order valence-electron chi connectivity index (χ3n) is 5.16. The van der Waals surface area contributed by atoms with Crippen molar-refractivity contribution < 1.29 is 9.47 Å². The third kappa shape index (κ3) is 5.34. The van der Waals surface area contributed by atoms with Crippen LogP contribution in [0, 0.1) is 5.92 Å². The van der Waals surface area contributed by atoms with E-state index in [4.69, 9.17) is 20.2 Å². The van der Waals surface area contributed by atoms with Gasteiger partial charge in [0.05, 0.1) is 12.1 Å². The molecule has 1 unspecified atom stereocenters. The molecule has 146 valence electrons. The summed E-state index contributed by atoms with van der Waals surface area (Å²) in [6.07, 6.45) is 5.56. The van der Waals surface area contributed by atoms with Crippen LogP contribution in [-0.2, 0) is 9.47 Å². The van der Waals surface area contributed by atoms with Crippen molar-refractivity contribution in [2.75, 3.05) is 27.3 Å². The lowest BCUT2D eigenvalue weighted by molar-refractivity contribution is -0.126. The van der Waals surface area contributed by atoms with Crippen LogP contribution < -0.4 is 5.73 Å². The Labute approximate surface area is 158 Å². The van der Waals surface area contributed by atoms with Crippen LogP contribution in [0.5, 0.6) is 0 Å². The van der Waals surface area contributed by atoms with Crippen molar-refractivity contribution in [3.8, 4) is 0 Å². The quantitative estimate of drug-likeness (QED) is 0.631. The lowest BCUT2D eigenvalue weighted by Gasteiger charge is -2.44. The molecule has 0 radical (unpaired) electrons. The molecule has 0 amide bonds. The molecule has 1 aliphatic heterocycles. The van der Waals surface area contributed by atoms with Gasteiger partial charge in [-0.25, -0.2) is 0 Å². The van der Waals surface area contributed by atoms with E-state index in [1.54, 1.807) is 0 Å². The van der Waals surface area contributed by atoms with Crippen molar-refractivity contribution in [3.05, 3.63) is 0 Å². The highest BCUT2D eigenvalue weighted by molar-refractivity contribution is 8.14. The van der Waals surface area contributed by atoms with Gasteiger partial charge in [0.1, 0.15) is 6.10 Å². The molecule has 5 nitrogen and oxygen atoms in total. The van der Waals surface area contributed by atoms with Gasteiger partial charge in [-0.2, -0.15) is 0 Å². The Morgan fingerprint density at radius 1 is 1.16 bits per heavy atom. The van der Waals surface area contributed by atoms with Crippen LogP contribution in [0.1, 0.15) is 52.9 Å². The van der Waals surface area contributed by atoms with E-state index in [2.05, 4.69) is 39.8 Å². The lowest BCUT2D eigenvalue weighted by atomic mass is 9.77. The minimum Gasteiger partial charge on any atom is -0.375 e. The van der Waals surface area contributed by atoms with Crippen LogP contribution >= 0.6 is 11.8 Å². The predicted octanol–water partition coefficient (Wildman–Crippen LogP) is 3.13. The first kappa shape index (κ1) is 21.0. The number of nitrogens with two attached hydrogens (primary N) is 1. The Bertz CT molecular complexity index is 431. The standard InChI is InChI=1S/C19H37N3O2S/c1-6-8-10-23-17-14(13(3)20)12-15-16(18(17)24-11-9-7-2)21-19(25-15)22(4)5/h13-18H,6-12,20H2,1-5H3/t13?,14-,15+,16+,17-,18-/m1/s1. The summed E-state index contributed by atoms with van der Waals surface area (Å²) >= 11 is 1.88. The van der Waals surface area contributed by atoms with Gasteiger partial charge in [0.2, 0.25) is 0 Å². The van der Waals surface area contributed by atoms with Gasteiger partial charge in [-0.05, 0) is 26.2 Å². The molecule has 6 atom stereocenters. The number of hydrogen-bond donors (Lipinski definition) is 1. The minimum atomic E-state index is 0.0168. The van der Waals surface area contributed by atoms with Crippen molar-refractivity contribution >= 4 is 16.9 Å². The molecular formula is C19H37N3O2S. The maximum atomic E-state index is 6.37. The highest BCUT2D eigenvalue weighted by atomic mass is 32.2. The number of fused-ring (bicyclic) bond motifs is 1. The first-order valence-electron chi connectivity index (χ1n) is 9.90. The van der Waals surface area contributed by atoms with Crippen LogP contribution in [-0.4, -0.2) is 66.9 Å². The fourth-order valence-corrected chi connectivity index (χ4v) is 4.97. The normalized spacial score (nSPS) is 33.0. The second-order valence-electron chi connectivity index (χ2n) is 7.59. The van der Waals surface area contributed by atoms with Gasteiger partial charge >= 0.3 is 0 Å². The molecule has 0 saturated heterocycles. The van der Waals surface area contributed by atoms with Gasteiger partial charge in [0.15, 0.2) is 5.17 Å². The molecule has 0 aromatic carbocycles. The summed E-state index contributed by atoms with van der Waals surface area (Å²) in [7, 11) is 4.13. The third-order valence-corrected chi connectivity index (χ3v) is 6.61. The number of amidine groups is 1. The SMILES string of the molecule is CCCCO[C@@H]1[C@H]2N=C(N(C)C)S[C@H]2C[C@H](C(C)N)[C@H]1OCCCC. The van der Waals surface area contributed by atoms with Gasteiger partial charge in [-0.15, -0.1) is 0 Å². The average molecular weight is 372 g/mol. The Morgan fingerprint density at radius 2 is 1.76 bits per heavy atom. The smallest absolute Gasteiger partial charge is 0.159 e. The Balaban J connectivity index is 2.19. The first-order valence-corrected chi connectivity index (χ1v) is 10.8. The van der Waals surface area contributed by atoms with E-state index in [1.807, 2.05) is 11.8 Å². The van der Waals surface area contributed by atoms with Crippen LogP contribution in [0.2, 0.25) is 0 Å². The van der Waals surface area contributed by atoms with Crippen molar-refractivity contribution in [2.45, 2.75) is 82.4 Å². The molecule has 1 fully saturated rings. The molecule has 1 saturated carbocycles. The molecule has 0 bridgehead atoms. The average Bonchev–Trinajstić information content (AvgIpc) is 3.00. The van der Waals surface area contributed by atoms with Crippen LogP contribution in [0.4, 0.5) is 0 Å². The van der Waals surface area contributed by atoms with Crippen molar-refractivity contribution in [1.29, 1.82) is 0 Å². The number of aliphatic imine (C=N–C) groups is 1. The summed E-state index contributed by atoms with van der Waals surface area (Å²) in [5, 5.41) is 1.56. The van der Waals surface area contributed by atoms with Crippen molar-refractivity contribution in [3.63, 3.8) is 0 Å². The zero-order chi connectivity index (χ0) is 18.4. The minimum absolute atomic E-state index is 0.0168. The number of hydrogen-bond acceptors (Lipinski definition) is 6. The maximum absolute atomic E-state index is 6.37. The second kappa shape index (κ2) is 10.1. The van der Waals surface area contributed by atoms with E-state index < -0.39 is 0 Å². The number of unbranched alkanes of at least 4 members (excludes halogenated alkanes) is 2. The zero-order valence-corrected chi connectivity index (χ0v) is 17.4. The summed E-state index contributed by atoms with van der Waals surface area (Å²) in [5.74, 6) is 0.328. The fourth-order valence-electron chi connectivity index (χ4n) is 3.63. The van der Waals surface area contributed by atoms with Gasteiger partial charge in [-0.3, -0.25) is 4.99 Å². The summed E-state index contributed by atoms with van der Waals surface area (Å²) in [5.41, 5.74) is 6.36.